The Morgan fingerprint density at radius 2 is 2.06 bits per heavy atom. The zero-order valence-electron chi connectivity index (χ0n) is 8.87. The molecule has 16 heavy (non-hydrogen) atoms. The third kappa shape index (κ3) is 2.66. The molecule has 0 N–H and O–H groups in total. The second-order valence-corrected chi connectivity index (χ2v) is 3.09. The molecule has 1 heterocycles. The molecular formula is C11H13N3O2. The Bertz CT molecular complexity index is 394. The fourth-order valence-corrected chi connectivity index (χ4v) is 1.36. The Kier molecular flexibility index (Phi) is 4.20. The molecule has 1 aromatic heterocycles. The summed E-state index contributed by atoms with van der Waals surface area (Å²) in [6, 6.07) is 3.33. The van der Waals surface area contributed by atoms with Crippen molar-refractivity contribution in [1.29, 1.82) is 0 Å². The first-order valence-electron chi connectivity index (χ1n) is 4.76. The van der Waals surface area contributed by atoms with Gasteiger partial charge in [0.2, 0.25) is 0 Å². The number of aromatic nitrogens is 1. The second-order valence-electron chi connectivity index (χ2n) is 3.09. The van der Waals surface area contributed by atoms with Gasteiger partial charge in [-0.05, 0) is 22.0 Å². The van der Waals surface area contributed by atoms with Crippen molar-refractivity contribution in [2.24, 2.45) is 0 Å². The molecule has 1 aromatic rings. The van der Waals surface area contributed by atoms with Crippen molar-refractivity contribution in [2.75, 3.05) is 18.0 Å². The Balaban J connectivity index is 3.11. The third-order valence-corrected chi connectivity index (χ3v) is 1.98. The lowest BCUT2D eigenvalue weighted by Crippen LogP contribution is -2.24. The first-order valence-corrected chi connectivity index (χ1v) is 4.76. The van der Waals surface area contributed by atoms with Crippen LogP contribution in [0.15, 0.2) is 43.6 Å². The van der Waals surface area contributed by atoms with Gasteiger partial charge in [0, 0.05) is 13.1 Å². The maximum Gasteiger partial charge on any atom is 0.387 e. The van der Waals surface area contributed by atoms with Gasteiger partial charge in [0.25, 0.3) is 0 Å². The van der Waals surface area contributed by atoms with Gasteiger partial charge in [-0.15, -0.1) is 13.2 Å². The van der Waals surface area contributed by atoms with Gasteiger partial charge in [0.05, 0.1) is 0 Å². The van der Waals surface area contributed by atoms with Crippen molar-refractivity contribution in [3.8, 4) is 0 Å². The van der Waals surface area contributed by atoms with Gasteiger partial charge in [-0.3, -0.25) is 0 Å². The highest BCUT2D eigenvalue weighted by Crippen LogP contribution is 2.24. The number of anilines is 1. The van der Waals surface area contributed by atoms with E-state index in [0.29, 0.717) is 18.8 Å². The minimum atomic E-state index is -0.492. The van der Waals surface area contributed by atoms with Crippen molar-refractivity contribution in [2.45, 2.75) is 0 Å². The largest absolute Gasteiger partial charge is 0.387 e. The molecule has 0 radical (unpaired) electrons. The zero-order valence-corrected chi connectivity index (χ0v) is 8.87. The van der Waals surface area contributed by atoms with Crippen LogP contribution in [-0.4, -0.2) is 23.0 Å². The Morgan fingerprint density at radius 3 is 2.56 bits per heavy atom. The summed E-state index contributed by atoms with van der Waals surface area (Å²) in [6.45, 7) is 8.26. The molecule has 1 rings (SSSR count). The van der Waals surface area contributed by atoms with Crippen molar-refractivity contribution in [3.63, 3.8) is 0 Å². The monoisotopic (exact) mass is 219 g/mol. The lowest BCUT2D eigenvalue weighted by molar-refractivity contribution is -0.388. The summed E-state index contributed by atoms with van der Waals surface area (Å²) in [6.07, 6.45) is 4.77. The van der Waals surface area contributed by atoms with E-state index in [2.05, 4.69) is 18.1 Å². The highest BCUT2D eigenvalue weighted by Gasteiger charge is 2.18. The van der Waals surface area contributed by atoms with Crippen molar-refractivity contribution < 1.29 is 4.92 Å². The van der Waals surface area contributed by atoms with Gasteiger partial charge >= 0.3 is 5.82 Å². The van der Waals surface area contributed by atoms with Gasteiger partial charge in [-0.2, -0.15) is 0 Å². The van der Waals surface area contributed by atoms with Gasteiger partial charge < -0.3 is 15.0 Å². The molecular weight excluding hydrogens is 206 g/mol. The molecule has 0 spiro atoms. The van der Waals surface area contributed by atoms with E-state index in [1.54, 1.807) is 29.2 Å². The minimum absolute atomic E-state index is 0.147. The van der Waals surface area contributed by atoms with Crippen LogP contribution < -0.4 is 4.90 Å². The van der Waals surface area contributed by atoms with E-state index in [-0.39, 0.29) is 5.82 Å². The summed E-state index contributed by atoms with van der Waals surface area (Å²) in [7, 11) is 0. The molecule has 84 valence electrons. The molecule has 0 amide bonds. The second kappa shape index (κ2) is 5.65. The number of hydrogen-bond acceptors (Lipinski definition) is 4. The van der Waals surface area contributed by atoms with Crippen LogP contribution in [0.4, 0.5) is 11.5 Å². The predicted molar refractivity (Wildman–Crippen MR) is 63.5 cm³/mol. The van der Waals surface area contributed by atoms with Crippen molar-refractivity contribution in [3.05, 3.63) is 53.8 Å². The Labute approximate surface area is 93.9 Å². The summed E-state index contributed by atoms with van der Waals surface area (Å²) >= 11 is 0. The lowest BCUT2D eigenvalue weighted by atomic mass is 10.3. The van der Waals surface area contributed by atoms with Crippen LogP contribution in [0.25, 0.3) is 0 Å². The van der Waals surface area contributed by atoms with E-state index >= 15 is 0 Å². The summed E-state index contributed by atoms with van der Waals surface area (Å²) in [5, 5.41) is 10.8. The molecule has 5 heteroatoms. The summed E-state index contributed by atoms with van der Waals surface area (Å²) in [5.74, 6) is -0.147. The average Bonchev–Trinajstić information content (AvgIpc) is 2.29. The fraction of sp³-hybridized carbons (Fsp3) is 0.182. The average molecular weight is 219 g/mol. The fourth-order valence-electron chi connectivity index (χ4n) is 1.36. The van der Waals surface area contributed by atoms with E-state index in [1.807, 2.05) is 0 Å². The number of hydrogen-bond donors (Lipinski definition) is 0. The predicted octanol–water partition coefficient (Wildman–Crippen LogP) is 2.17. The van der Waals surface area contributed by atoms with Crippen LogP contribution in [0, 0.1) is 10.1 Å². The topological polar surface area (TPSA) is 59.3 Å². The normalized spacial score (nSPS) is 9.50. The summed E-state index contributed by atoms with van der Waals surface area (Å²) in [5.41, 5.74) is 0.479. The first-order chi connectivity index (χ1) is 7.70. The van der Waals surface area contributed by atoms with Gasteiger partial charge in [0.1, 0.15) is 11.9 Å². The number of pyridine rings is 1. The zero-order chi connectivity index (χ0) is 12.0. The van der Waals surface area contributed by atoms with Gasteiger partial charge in [0.15, 0.2) is 0 Å². The molecule has 0 saturated carbocycles. The van der Waals surface area contributed by atoms with Crippen LogP contribution in [0.5, 0.6) is 0 Å². The molecule has 0 aliphatic heterocycles. The van der Waals surface area contributed by atoms with Crippen LogP contribution in [0.2, 0.25) is 0 Å². The lowest BCUT2D eigenvalue weighted by Gasteiger charge is -2.20. The SMILES string of the molecule is C=CCN(CC=C)c1cccnc1[N+](=O)[O-]. The van der Waals surface area contributed by atoms with E-state index < -0.39 is 4.92 Å². The van der Waals surface area contributed by atoms with E-state index in [0.717, 1.165) is 0 Å². The Morgan fingerprint density at radius 1 is 1.44 bits per heavy atom. The maximum atomic E-state index is 10.8. The van der Waals surface area contributed by atoms with Gasteiger partial charge in [-0.1, -0.05) is 12.2 Å². The molecule has 0 saturated heterocycles. The molecule has 0 atom stereocenters. The quantitative estimate of drug-likeness (QED) is 0.418. The van der Waals surface area contributed by atoms with Crippen LogP contribution in [0.3, 0.4) is 0 Å². The van der Waals surface area contributed by atoms with E-state index in [9.17, 15) is 10.1 Å². The molecule has 0 aliphatic rings. The smallest absolute Gasteiger partial charge is 0.358 e. The molecule has 0 fully saturated rings. The molecule has 5 nitrogen and oxygen atoms in total. The molecule has 0 aliphatic carbocycles. The summed E-state index contributed by atoms with van der Waals surface area (Å²) in [4.78, 5) is 15.8. The molecule has 0 aromatic carbocycles. The first kappa shape index (κ1) is 11.9. The Hall–Kier alpha value is -2.17. The van der Waals surface area contributed by atoms with Crippen molar-refractivity contribution in [1.82, 2.24) is 4.98 Å². The van der Waals surface area contributed by atoms with Crippen molar-refractivity contribution >= 4 is 11.5 Å². The van der Waals surface area contributed by atoms with Crippen LogP contribution >= 0.6 is 0 Å². The van der Waals surface area contributed by atoms with Crippen LogP contribution in [-0.2, 0) is 0 Å². The minimum Gasteiger partial charge on any atom is -0.358 e. The maximum absolute atomic E-state index is 10.8. The van der Waals surface area contributed by atoms with Crippen LogP contribution in [0.1, 0.15) is 0 Å². The number of nitro groups is 1. The van der Waals surface area contributed by atoms with E-state index in [4.69, 9.17) is 0 Å². The number of nitrogens with zero attached hydrogens (tertiary/aromatic N) is 3. The third-order valence-electron chi connectivity index (χ3n) is 1.98. The summed E-state index contributed by atoms with van der Waals surface area (Å²) < 4.78 is 0. The van der Waals surface area contributed by atoms with Gasteiger partial charge in [-0.25, -0.2) is 0 Å². The molecule has 0 unspecified atom stereocenters. The van der Waals surface area contributed by atoms with E-state index in [1.165, 1.54) is 6.20 Å². The standard InChI is InChI=1S/C11H13N3O2/c1-3-8-13(9-4-2)10-6-5-7-12-11(10)14(15)16/h3-7H,1-2,8-9H2. The highest BCUT2D eigenvalue weighted by molar-refractivity contribution is 5.59. The highest BCUT2D eigenvalue weighted by atomic mass is 16.6. The molecule has 0 bridgehead atoms. The number of rotatable bonds is 6.